The Kier molecular flexibility index (Phi) is 7.23. The van der Waals surface area contributed by atoms with Crippen molar-refractivity contribution in [2.45, 2.75) is 45.1 Å². The molecule has 1 unspecified atom stereocenters. The Morgan fingerprint density at radius 1 is 1.29 bits per heavy atom. The zero-order valence-electron chi connectivity index (χ0n) is 12.5. The lowest BCUT2D eigenvalue weighted by Gasteiger charge is -2.13. The quantitative estimate of drug-likeness (QED) is 0.687. The fourth-order valence-electron chi connectivity index (χ4n) is 2.01. The number of carbonyl (C=O) groups is 2. The molecule has 0 heterocycles. The van der Waals surface area contributed by atoms with E-state index in [4.69, 9.17) is 5.11 Å². The predicted octanol–water partition coefficient (Wildman–Crippen LogP) is 2.72. The second kappa shape index (κ2) is 8.95. The van der Waals surface area contributed by atoms with Gasteiger partial charge in [0.2, 0.25) is 5.91 Å². The van der Waals surface area contributed by atoms with E-state index in [0.717, 1.165) is 12.0 Å². The Morgan fingerprint density at radius 2 is 1.90 bits per heavy atom. The van der Waals surface area contributed by atoms with Gasteiger partial charge in [-0.15, -0.1) is 6.58 Å². The van der Waals surface area contributed by atoms with E-state index in [1.165, 1.54) is 5.56 Å². The van der Waals surface area contributed by atoms with Crippen molar-refractivity contribution in [3.8, 4) is 0 Å². The van der Waals surface area contributed by atoms with E-state index in [0.29, 0.717) is 25.7 Å². The molecule has 0 spiro atoms. The number of carbonyl (C=O) groups excluding carboxylic acids is 1. The Balaban J connectivity index is 2.44. The summed E-state index contributed by atoms with van der Waals surface area (Å²) in [6.45, 7) is 5.65. The molecule has 0 saturated heterocycles. The van der Waals surface area contributed by atoms with E-state index < -0.39 is 12.0 Å². The SMILES string of the molecule is C=CCCC(NC(=O)CCc1ccc(CC)cc1)C(=O)O. The topological polar surface area (TPSA) is 66.4 Å². The highest BCUT2D eigenvalue weighted by atomic mass is 16.4. The molecule has 1 rings (SSSR count). The molecule has 0 saturated carbocycles. The molecular weight excluding hydrogens is 266 g/mol. The maximum Gasteiger partial charge on any atom is 0.326 e. The number of benzene rings is 1. The van der Waals surface area contributed by atoms with Crippen LogP contribution in [0.15, 0.2) is 36.9 Å². The van der Waals surface area contributed by atoms with Gasteiger partial charge in [0.1, 0.15) is 6.04 Å². The van der Waals surface area contributed by atoms with Crippen LogP contribution in [0.4, 0.5) is 0 Å². The Hall–Kier alpha value is -2.10. The molecule has 4 heteroatoms. The van der Waals surface area contributed by atoms with Crippen molar-refractivity contribution in [3.63, 3.8) is 0 Å². The van der Waals surface area contributed by atoms with Gasteiger partial charge in [0.25, 0.3) is 0 Å². The van der Waals surface area contributed by atoms with E-state index in [9.17, 15) is 9.59 Å². The zero-order valence-corrected chi connectivity index (χ0v) is 12.5. The zero-order chi connectivity index (χ0) is 15.7. The van der Waals surface area contributed by atoms with Crippen LogP contribution in [0.1, 0.15) is 37.3 Å². The minimum Gasteiger partial charge on any atom is -0.480 e. The number of aryl methyl sites for hydroxylation is 2. The van der Waals surface area contributed by atoms with Crippen molar-refractivity contribution in [2.75, 3.05) is 0 Å². The Bertz CT molecular complexity index is 479. The lowest BCUT2D eigenvalue weighted by atomic mass is 10.1. The standard InChI is InChI=1S/C17H23NO3/c1-3-5-6-15(17(20)21)18-16(19)12-11-14-9-7-13(4-2)8-10-14/h3,7-10,15H,1,4-6,11-12H2,2H3,(H,18,19)(H,20,21). The first-order chi connectivity index (χ1) is 10.1. The number of aliphatic carboxylic acids is 1. The van der Waals surface area contributed by atoms with Crippen LogP contribution in [-0.2, 0) is 22.4 Å². The number of rotatable bonds is 9. The molecule has 1 aromatic rings. The molecule has 1 atom stereocenters. The lowest BCUT2D eigenvalue weighted by molar-refractivity contribution is -0.142. The van der Waals surface area contributed by atoms with E-state index in [2.05, 4.69) is 31.0 Å². The van der Waals surface area contributed by atoms with Crippen molar-refractivity contribution < 1.29 is 14.7 Å². The number of allylic oxidation sites excluding steroid dienone is 1. The van der Waals surface area contributed by atoms with Gasteiger partial charge in [-0.05, 0) is 36.8 Å². The summed E-state index contributed by atoms with van der Waals surface area (Å²) in [6.07, 6.45) is 4.49. The number of carboxylic acids is 1. The van der Waals surface area contributed by atoms with Gasteiger partial charge in [-0.2, -0.15) is 0 Å². The van der Waals surface area contributed by atoms with Crippen LogP contribution in [0.2, 0.25) is 0 Å². The van der Waals surface area contributed by atoms with Crippen molar-refractivity contribution >= 4 is 11.9 Å². The third kappa shape index (κ3) is 6.25. The second-order valence-corrected chi connectivity index (χ2v) is 4.99. The van der Waals surface area contributed by atoms with E-state index >= 15 is 0 Å². The summed E-state index contributed by atoms with van der Waals surface area (Å²) in [5, 5.41) is 11.6. The van der Waals surface area contributed by atoms with Crippen molar-refractivity contribution in [1.29, 1.82) is 0 Å². The fraction of sp³-hybridized carbons (Fsp3) is 0.412. The highest BCUT2D eigenvalue weighted by Gasteiger charge is 2.18. The average Bonchev–Trinajstić information content (AvgIpc) is 2.49. The third-order valence-corrected chi connectivity index (χ3v) is 3.36. The van der Waals surface area contributed by atoms with E-state index in [-0.39, 0.29) is 5.91 Å². The first-order valence-corrected chi connectivity index (χ1v) is 7.27. The van der Waals surface area contributed by atoms with Crippen LogP contribution in [0.3, 0.4) is 0 Å². The molecule has 1 amide bonds. The molecule has 1 aromatic carbocycles. The summed E-state index contributed by atoms with van der Waals surface area (Å²) in [6, 6.07) is 7.30. The molecule has 114 valence electrons. The Labute approximate surface area is 125 Å². The molecule has 21 heavy (non-hydrogen) atoms. The predicted molar refractivity (Wildman–Crippen MR) is 83.1 cm³/mol. The highest BCUT2D eigenvalue weighted by Crippen LogP contribution is 2.08. The number of nitrogens with one attached hydrogen (secondary N) is 1. The van der Waals surface area contributed by atoms with Crippen LogP contribution < -0.4 is 5.32 Å². The number of carboxylic acid groups (broad SMARTS) is 1. The van der Waals surface area contributed by atoms with Crippen LogP contribution in [0, 0.1) is 0 Å². The maximum absolute atomic E-state index is 11.8. The van der Waals surface area contributed by atoms with E-state index in [1.54, 1.807) is 6.08 Å². The Morgan fingerprint density at radius 3 is 2.43 bits per heavy atom. The molecule has 0 aliphatic rings. The van der Waals surface area contributed by atoms with Gasteiger partial charge in [0, 0.05) is 6.42 Å². The minimum atomic E-state index is -1.00. The highest BCUT2D eigenvalue weighted by molar-refractivity contribution is 5.83. The molecule has 2 N–H and O–H groups in total. The van der Waals surface area contributed by atoms with Gasteiger partial charge in [-0.25, -0.2) is 4.79 Å². The molecule has 0 fully saturated rings. The van der Waals surface area contributed by atoms with Crippen molar-refractivity contribution in [2.24, 2.45) is 0 Å². The molecule has 0 aliphatic carbocycles. The van der Waals surface area contributed by atoms with Gasteiger partial charge >= 0.3 is 5.97 Å². The summed E-state index contributed by atoms with van der Waals surface area (Å²) in [5.41, 5.74) is 2.35. The summed E-state index contributed by atoms with van der Waals surface area (Å²) >= 11 is 0. The van der Waals surface area contributed by atoms with Crippen LogP contribution >= 0.6 is 0 Å². The molecule has 0 aromatic heterocycles. The second-order valence-electron chi connectivity index (χ2n) is 4.99. The fourth-order valence-corrected chi connectivity index (χ4v) is 2.01. The summed E-state index contributed by atoms with van der Waals surface area (Å²) < 4.78 is 0. The van der Waals surface area contributed by atoms with Gasteiger partial charge in [-0.1, -0.05) is 37.3 Å². The molecule has 4 nitrogen and oxygen atoms in total. The van der Waals surface area contributed by atoms with Gasteiger partial charge in [0.15, 0.2) is 0 Å². The van der Waals surface area contributed by atoms with Gasteiger partial charge in [-0.3, -0.25) is 4.79 Å². The largest absolute Gasteiger partial charge is 0.480 e. The van der Waals surface area contributed by atoms with Crippen LogP contribution in [0.5, 0.6) is 0 Å². The van der Waals surface area contributed by atoms with E-state index in [1.807, 2.05) is 12.1 Å². The minimum absolute atomic E-state index is 0.231. The molecule has 0 bridgehead atoms. The molecule has 0 radical (unpaired) electrons. The lowest BCUT2D eigenvalue weighted by Crippen LogP contribution is -2.40. The third-order valence-electron chi connectivity index (χ3n) is 3.36. The van der Waals surface area contributed by atoms with Crippen molar-refractivity contribution in [1.82, 2.24) is 5.32 Å². The summed E-state index contributed by atoms with van der Waals surface area (Å²) in [5.74, 6) is -1.23. The number of amides is 1. The van der Waals surface area contributed by atoms with Crippen LogP contribution in [0.25, 0.3) is 0 Å². The molecular formula is C17H23NO3. The maximum atomic E-state index is 11.8. The van der Waals surface area contributed by atoms with Crippen molar-refractivity contribution in [3.05, 3.63) is 48.0 Å². The smallest absolute Gasteiger partial charge is 0.326 e. The summed E-state index contributed by atoms with van der Waals surface area (Å²) in [4.78, 5) is 22.9. The van der Waals surface area contributed by atoms with Gasteiger partial charge in [0.05, 0.1) is 0 Å². The number of hydrogen-bond donors (Lipinski definition) is 2. The first kappa shape index (κ1) is 17.0. The summed E-state index contributed by atoms with van der Waals surface area (Å²) in [7, 11) is 0. The average molecular weight is 289 g/mol. The molecule has 0 aliphatic heterocycles. The number of hydrogen-bond acceptors (Lipinski definition) is 2. The normalized spacial score (nSPS) is 11.7. The first-order valence-electron chi connectivity index (χ1n) is 7.27. The monoisotopic (exact) mass is 289 g/mol. The van der Waals surface area contributed by atoms with Gasteiger partial charge < -0.3 is 10.4 Å². The van der Waals surface area contributed by atoms with Crippen LogP contribution in [-0.4, -0.2) is 23.0 Å².